The lowest BCUT2D eigenvalue weighted by molar-refractivity contribution is 0.139. The van der Waals surface area contributed by atoms with Crippen molar-refractivity contribution in [3.63, 3.8) is 0 Å². The van der Waals surface area contributed by atoms with Gasteiger partial charge < -0.3 is 15.5 Å². The Morgan fingerprint density at radius 1 is 1.22 bits per heavy atom. The summed E-state index contributed by atoms with van der Waals surface area (Å²) in [7, 11) is 0. The number of rotatable bonds is 8. The van der Waals surface area contributed by atoms with Crippen LogP contribution in [0, 0.1) is 11.3 Å². The minimum Gasteiger partial charge on any atom is -0.357 e. The van der Waals surface area contributed by atoms with Gasteiger partial charge in [-0.3, -0.25) is 4.99 Å². The molecule has 2 aliphatic rings. The summed E-state index contributed by atoms with van der Waals surface area (Å²) < 4.78 is 0. The van der Waals surface area contributed by atoms with E-state index in [4.69, 9.17) is 4.99 Å². The molecule has 0 amide bonds. The maximum absolute atomic E-state index is 4.88. The predicted molar refractivity (Wildman–Crippen MR) is 111 cm³/mol. The molecule has 0 aromatic rings. The molecule has 5 heteroatoms. The van der Waals surface area contributed by atoms with Crippen molar-refractivity contribution < 1.29 is 0 Å². The molecule has 2 rings (SSSR count). The van der Waals surface area contributed by atoms with Gasteiger partial charge in [-0.15, -0.1) is 24.0 Å². The minimum absolute atomic E-state index is 0. The fourth-order valence-corrected chi connectivity index (χ4v) is 3.73. The van der Waals surface area contributed by atoms with Crippen molar-refractivity contribution in [2.75, 3.05) is 39.3 Å². The first-order valence-corrected chi connectivity index (χ1v) is 9.46. The zero-order valence-corrected chi connectivity index (χ0v) is 17.7. The molecule has 0 aromatic heterocycles. The topological polar surface area (TPSA) is 39.7 Å². The summed E-state index contributed by atoms with van der Waals surface area (Å²) >= 11 is 0. The van der Waals surface area contributed by atoms with Gasteiger partial charge in [0.1, 0.15) is 0 Å². The second-order valence-electron chi connectivity index (χ2n) is 7.24. The molecule has 1 saturated carbocycles. The third-order valence-electron chi connectivity index (χ3n) is 5.55. The largest absolute Gasteiger partial charge is 0.357 e. The third-order valence-corrected chi connectivity index (χ3v) is 5.55. The van der Waals surface area contributed by atoms with Crippen LogP contribution in [0.1, 0.15) is 59.3 Å². The number of nitrogens with zero attached hydrogens (tertiary/aromatic N) is 2. The van der Waals surface area contributed by atoms with Crippen molar-refractivity contribution in [3.05, 3.63) is 0 Å². The van der Waals surface area contributed by atoms with E-state index in [-0.39, 0.29) is 24.0 Å². The zero-order valence-electron chi connectivity index (χ0n) is 15.4. The van der Waals surface area contributed by atoms with Crippen LogP contribution in [0.3, 0.4) is 0 Å². The lowest BCUT2D eigenvalue weighted by Gasteiger charge is -2.40. The van der Waals surface area contributed by atoms with E-state index in [1.54, 1.807) is 0 Å². The number of halogens is 1. The first-order valence-electron chi connectivity index (χ1n) is 9.46. The lowest BCUT2D eigenvalue weighted by Crippen LogP contribution is -2.42. The molecule has 1 aliphatic heterocycles. The Labute approximate surface area is 160 Å². The maximum atomic E-state index is 4.88. The number of nitrogens with one attached hydrogen (secondary N) is 2. The van der Waals surface area contributed by atoms with Crippen LogP contribution in [0.4, 0.5) is 0 Å². The van der Waals surface area contributed by atoms with Crippen molar-refractivity contribution in [3.8, 4) is 0 Å². The highest BCUT2D eigenvalue weighted by Gasteiger charge is 2.34. The van der Waals surface area contributed by atoms with Crippen LogP contribution in [-0.2, 0) is 0 Å². The Kier molecular flexibility index (Phi) is 9.82. The Bertz CT molecular complexity index is 349. The number of guanidine groups is 1. The molecule has 136 valence electrons. The Morgan fingerprint density at radius 3 is 2.57 bits per heavy atom. The van der Waals surface area contributed by atoms with Crippen LogP contribution in [0.5, 0.6) is 0 Å². The van der Waals surface area contributed by atoms with Crippen molar-refractivity contribution in [2.24, 2.45) is 16.3 Å². The SMILES string of the molecule is CCCN1CCC(CNC(=NCC2(CC)CCC2)NCC)C1.I. The van der Waals surface area contributed by atoms with E-state index in [0.717, 1.165) is 31.5 Å². The van der Waals surface area contributed by atoms with Crippen LogP contribution in [0.2, 0.25) is 0 Å². The summed E-state index contributed by atoms with van der Waals surface area (Å²) in [6.45, 7) is 13.5. The van der Waals surface area contributed by atoms with Crippen LogP contribution < -0.4 is 10.6 Å². The van der Waals surface area contributed by atoms with Crippen LogP contribution in [0.25, 0.3) is 0 Å². The molecule has 1 aliphatic carbocycles. The first kappa shape index (κ1) is 21.0. The number of hydrogen-bond acceptors (Lipinski definition) is 2. The quantitative estimate of drug-likeness (QED) is 0.348. The molecule has 4 nitrogen and oxygen atoms in total. The second-order valence-corrected chi connectivity index (χ2v) is 7.24. The van der Waals surface area contributed by atoms with Crippen LogP contribution >= 0.6 is 24.0 Å². The molecule has 0 bridgehead atoms. The second kappa shape index (κ2) is 10.7. The summed E-state index contributed by atoms with van der Waals surface area (Å²) in [4.78, 5) is 7.47. The van der Waals surface area contributed by atoms with Gasteiger partial charge in [0.25, 0.3) is 0 Å². The smallest absolute Gasteiger partial charge is 0.191 e. The molecule has 2 fully saturated rings. The van der Waals surface area contributed by atoms with Gasteiger partial charge in [0, 0.05) is 26.2 Å². The first-order chi connectivity index (χ1) is 10.7. The van der Waals surface area contributed by atoms with E-state index in [0.29, 0.717) is 5.41 Å². The maximum Gasteiger partial charge on any atom is 0.191 e. The van der Waals surface area contributed by atoms with E-state index in [1.807, 2.05) is 0 Å². The third kappa shape index (κ3) is 6.40. The summed E-state index contributed by atoms with van der Waals surface area (Å²) in [5.41, 5.74) is 0.508. The van der Waals surface area contributed by atoms with Gasteiger partial charge in [-0.05, 0) is 63.5 Å². The van der Waals surface area contributed by atoms with Crippen molar-refractivity contribution >= 4 is 29.9 Å². The zero-order chi connectivity index (χ0) is 15.8. The summed E-state index contributed by atoms with van der Waals surface area (Å²) in [6, 6.07) is 0. The summed E-state index contributed by atoms with van der Waals surface area (Å²) in [5.74, 6) is 1.80. The molecule has 23 heavy (non-hydrogen) atoms. The summed E-state index contributed by atoms with van der Waals surface area (Å²) in [5, 5.41) is 7.00. The van der Waals surface area contributed by atoms with Gasteiger partial charge in [0.2, 0.25) is 0 Å². The normalized spacial score (nSPS) is 24.0. The molecule has 0 radical (unpaired) electrons. The van der Waals surface area contributed by atoms with E-state index >= 15 is 0 Å². The van der Waals surface area contributed by atoms with Crippen molar-refractivity contribution in [2.45, 2.75) is 59.3 Å². The van der Waals surface area contributed by atoms with Gasteiger partial charge in [-0.25, -0.2) is 0 Å². The molecule has 0 spiro atoms. The Balaban J connectivity index is 0.00000264. The molecule has 1 saturated heterocycles. The molecular weight excluding hydrogens is 399 g/mol. The fourth-order valence-electron chi connectivity index (χ4n) is 3.73. The molecule has 2 N–H and O–H groups in total. The van der Waals surface area contributed by atoms with E-state index < -0.39 is 0 Å². The Morgan fingerprint density at radius 2 is 2.00 bits per heavy atom. The number of likely N-dealkylation sites (tertiary alicyclic amines) is 1. The van der Waals surface area contributed by atoms with Crippen molar-refractivity contribution in [1.82, 2.24) is 15.5 Å². The van der Waals surface area contributed by atoms with Crippen LogP contribution in [0.15, 0.2) is 4.99 Å². The van der Waals surface area contributed by atoms with E-state index in [9.17, 15) is 0 Å². The van der Waals surface area contributed by atoms with E-state index in [2.05, 4.69) is 36.3 Å². The number of aliphatic imine (C=N–C) groups is 1. The van der Waals surface area contributed by atoms with Gasteiger partial charge in [-0.2, -0.15) is 0 Å². The highest BCUT2D eigenvalue weighted by molar-refractivity contribution is 14.0. The predicted octanol–water partition coefficient (Wildman–Crippen LogP) is 3.47. The highest BCUT2D eigenvalue weighted by atomic mass is 127. The van der Waals surface area contributed by atoms with Gasteiger partial charge in [-0.1, -0.05) is 20.3 Å². The molecule has 1 heterocycles. The summed E-state index contributed by atoms with van der Waals surface area (Å²) in [6.07, 6.45) is 7.98. The lowest BCUT2D eigenvalue weighted by atomic mass is 9.67. The van der Waals surface area contributed by atoms with Crippen LogP contribution in [-0.4, -0.2) is 50.1 Å². The molecular formula is C18H37IN4. The minimum atomic E-state index is 0. The Hall–Kier alpha value is -0.0400. The average molecular weight is 436 g/mol. The average Bonchev–Trinajstić information content (AvgIpc) is 2.92. The molecule has 0 aromatic carbocycles. The molecule has 1 unspecified atom stereocenters. The standard InChI is InChI=1S/C18H36N4.HI/c1-4-11-22-12-8-16(14-22)13-20-17(19-6-3)21-15-18(5-2)9-7-10-18;/h16H,4-15H2,1-3H3,(H2,19,20,21);1H. The fraction of sp³-hybridized carbons (Fsp3) is 0.944. The van der Waals surface area contributed by atoms with Gasteiger partial charge >= 0.3 is 0 Å². The monoisotopic (exact) mass is 436 g/mol. The molecule has 1 atom stereocenters. The van der Waals surface area contributed by atoms with E-state index in [1.165, 1.54) is 58.2 Å². The highest BCUT2D eigenvalue weighted by Crippen LogP contribution is 2.43. The van der Waals surface area contributed by atoms with Crippen molar-refractivity contribution in [1.29, 1.82) is 0 Å². The number of hydrogen-bond donors (Lipinski definition) is 2. The van der Waals surface area contributed by atoms with Gasteiger partial charge in [0.05, 0.1) is 0 Å². The van der Waals surface area contributed by atoms with Gasteiger partial charge in [0.15, 0.2) is 5.96 Å².